The maximum atomic E-state index is 3.72. The molecular weight excluding hydrogens is 229 g/mol. The van der Waals surface area contributed by atoms with Gasteiger partial charge in [-0.3, -0.25) is 0 Å². The average Bonchev–Trinajstić information content (AvgIpc) is 1.69. The van der Waals surface area contributed by atoms with Crippen LogP contribution in [0.3, 0.4) is 0 Å². The van der Waals surface area contributed by atoms with Gasteiger partial charge in [0.15, 0.2) is 0 Å². The van der Waals surface area contributed by atoms with Crippen molar-refractivity contribution in [2.75, 3.05) is 0 Å². The van der Waals surface area contributed by atoms with Crippen LogP contribution in [0, 0.1) is 6.92 Å². The van der Waals surface area contributed by atoms with E-state index in [0.29, 0.717) is 0 Å². The van der Waals surface area contributed by atoms with Crippen LogP contribution in [-0.4, -0.2) is 0 Å². The zero-order valence-corrected chi connectivity index (χ0v) is 9.73. The molecular formula is C7H7BrZn. The van der Waals surface area contributed by atoms with Gasteiger partial charge in [0.1, 0.15) is 0 Å². The summed E-state index contributed by atoms with van der Waals surface area (Å²) in [4.78, 5) is 0. The molecule has 44 valence electrons. The van der Waals surface area contributed by atoms with Crippen LogP contribution in [0.1, 0.15) is 5.56 Å². The molecule has 0 spiro atoms. The average molecular weight is 236 g/mol. The van der Waals surface area contributed by atoms with Gasteiger partial charge in [0.2, 0.25) is 0 Å². The molecule has 0 aromatic heterocycles. The van der Waals surface area contributed by atoms with Crippen molar-refractivity contribution >= 4 is 0 Å². The third-order valence-electron chi connectivity index (χ3n) is 0.843. The molecule has 1 aromatic rings. The summed E-state index contributed by atoms with van der Waals surface area (Å²) in [5.74, 6) is 0. The van der Waals surface area contributed by atoms with Crippen molar-refractivity contribution in [3.8, 4) is 0 Å². The van der Waals surface area contributed by atoms with Crippen LogP contribution in [0.4, 0.5) is 0 Å². The fraction of sp³-hybridized carbons (Fsp3) is 0. The second-order valence-electron chi connectivity index (χ2n) is 1.49. The predicted molar refractivity (Wildman–Crippen MR) is 30.9 cm³/mol. The van der Waals surface area contributed by atoms with Gasteiger partial charge in [0.05, 0.1) is 0 Å². The Morgan fingerprint density at radius 3 is 1.67 bits per heavy atom. The summed E-state index contributed by atoms with van der Waals surface area (Å²) in [6.45, 7) is 3.72. The second-order valence-corrected chi connectivity index (χ2v) is 1.49. The number of rotatable bonds is 0. The van der Waals surface area contributed by atoms with Crippen molar-refractivity contribution in [1.82, 2.24) is 0 Å². The number of hydrogen-bond acceptors (Lipinski definition) is 0. The van der Waals surface area contributed by atoms with E-state index in [1.165, 1.54) is 0 Å². The largest absolute Gasteiger partial charge is 2.00 e. The smallest absolute Gasteiger partial charge is 1.00 e. The van der Waals surface area contributed by atoms with E-state index in [9.17, 15) is 0 Å². The van der Waals surface area contributed by atoms with Gasteiger partial charge in [-0.15, -0.1) is 12.1 Å². The predicted octanol–water partition coefficient (Wildman–Crippen LogP) is -1.13. The van der Waals surface area contributed by atoms with Crippen LogP contribution in [0.25, 0.3) is 0 Å². The topological polar surface area (TPSA) is 0 Å². The molecule has 0 saturated heterocycles. The van der Waals surface area contributed by atoms with E-state index >= 15 is 0 Å². The van der Waals surface area contributed by atoms with Crippen LogP contribution >= 0.6 is 0 Å². The maximum Gasteiger partial charge on any atom is 2.00 e. The molecule has 0 aliphatic carbocycles. The summed E-state index contributed by atoms with van der Waals surface area (Å²) < 4.78 is 0. The number of benzene rings is 1. The molecule has 0 aliphatic rings. The van der Waals surface area contributed by atoms with E-state index in [-0.39, 0.29) is 36.5 Å². The Balaban J connectivity index is 0. The van der Waals surface area contributed by atoms with Gasteiger partial charge in [0, 0.05) is 0 Å². The van der Waals surface area contributed by atoms with Gasteiger partial charge < -0.3 is 17.0 Å². The van der Waals surface area contributed by atoms with Crippen LogP contribution in [0.5, 0.6) is 0 Å². The van der Waals surface area contributed by atoms with Crippen LogP contribution < -0.4 is 17.0 Å². The maximum absolute atomic E-state index is 3.72. The third kappa shape index (κ3) is 4.68. The minimum atomic E-state index is 0. The van der Waals surface area contributed by atoms with E-state index in [1.807, 2.05) is 30.3 Å². The molecule has 0 amide bonds. The zero-order chi connectivity index (χ0) is 5.11. The van der Waals surface area contributed by atoms with Crippen molar-refractivity contribution in [3.05, 3.63) is 42.8 Å². The van der Waals surface area contributed by atoms with Crippen LogP contribution in [0.2, 0.25) is 0 Å². The number of halogens is 1. The van der Waals surface area contributed by atoms with E-state index in [1.54, 1.807) is 0 Å². The molecule has 0 N–H and O–H groups in total. The summed E-state index contributed by atoms with van der Waals surface area (Å²) in [6, 6.07) is 9.87. The SMILES string of the molecule is [Br-].[CH2-]c1ccccc1.[Zn+2]. The standard InChI is InChI=1S/C7H7.BrH.Zn/c1-7-5-3-2-4-6-7;;/h2-6H,1H2;1H;/q-1;;+2/p-1. The Morgan fingerprint density at radius 1 is 1.00 bits per heavy atom. The zero-order valence-electron chi connectivity index (χ0n) is 5.18. The summed E-state index contributed by atoms with van der Waals surface area (Å²) in [7, 11) is 0. The van der Waals surface area contributed by atoms with Crippen LogP contribution in [-0.2, 0) is 19.5 Å². The molecule has 2 heteroatoms. The summed E-state index contributed by atoms with van der Waals surface area (Å²) in [5, 5.41) is 0. The molecule has 0 aliphatic heterocycles. The summed E-state index contributed by atoms with van der Waals surface area (Å²) >= 11 is 0. The van der Waals surface area contributed by atoms with E-state index in [4.69, 9.17) is 0 Å². The minimum Gasteiger partial charge on any atom is -1.00 e. The molecule has 0 unspecified atom stereocenters. The van der Waals surface area contributed by atoms with Gasteiger partial charge in [-0.1, -0.05) is 6.07 Å². The first kappa shape index (κ1) is 11.9. The molecule has 0 bridgehead atoms. The Kier molecular flexibility index (Phi) is 8.37. The Bertz CT molecular complexity index is 139. The molecule has 9 heavy (non-hydrogen) atoms. The third-order valence-corrected chi connectivity index (χ3v) is 0.843. The molecule has 0 heterocycles. The first-order chi connectivity index (χ1) is 3.39. The minimum absolute atomic E-state index is 0. The fourth-order valence-corrected chi connectivity index (χ4v) is 0.478. The van der Waals surface area contributed by atoms with E-state index in [2.05, 4.69) is 6.92 Å². The number of hydrogen-bond donors (Lipinski definition) is 0. The molecule has 0 nitrogen and oxygen atoms in total. The van der Waals surface area contributed by atoms with Crippen molar-refractivity contribution < 1.29 is 36.5 Å². The summed E-state index contributed by atoms with van der Waals surface area (Å²) in [6.07, 6.45) is 0. The Morgan fingerprint density at radius 2 is 1.44 bits per heavy atom. The van der Waals surface area contributed by atoms with E-state index < -0.39 is 0 Å². The first-order valence-corrected chi connectivity index (χ1v) is 2.26. The molecule has 1 rings (SSSR count). The summed E-state index contributed by atoms with van der Waals surface area (Å²) in [5.41, 5.74) is 1.07. The molecule has 0 fully saturated rings. The normalized spacial score (nSPS) is 6.67. The first-order valence-electron chi connectivity index (χ1n) is 2.26. The Labute approximate surface area is 79.2 Å². The van der Waals surface area contributed by atoms with Crippen molar-refractivity contribution in [2.24, 2.45) is 0 Å². The molecule has 0 radical (unpaired) electrons. The molecule has 1 aromatic carbocycles. The van der Waals surface area contributed by atoms with Gasteiger partial charge in [0.25, 0.3) is 0 Å². The van der Waals surface area contributed by atoms with Gasteiger partial charge >= 0.3 is 19.5 Å². The van der Waals surface area contributed by atoms with Gasteiger partial charge in [-0.2, -0.15) is 24.6 Å². The quantitative estimate of drug-likeness (QED) is 0.395. The second kappa shape index (κ2) is 6.32. The van der Waals surface area contributed by atoms with Crippen molar-refractivity contribution in [1.29, 1.82) is 0 Å². The molecule has 0 atom stereocenters. The van der Waals surface area contributed by atoms with Gasteiger partial charge in [-0.25, -0.2) is 0 Å². The van der Waals surface area contributed by atoms with Gasteiger partial charge in [-0.05, 0) is 0 Å². The van der Waals surface area contributed by atoms with Crippen molar-refractivity contribution in [2.45, 2.75) is 0 Å². The Hall–Kier alpha value is 0.193. The monoisotopic (exact) mass is 234 g/mol. The van der Waals surface area contributed by atoms with E-state index in [0.717, 1.165) is 5.56 Å². The molecule has 0 saturated carbocycles. The van der Waals surface area contributed by atoms with Crippen LogP contribution in [0.15, 0.2) is 30.3 Å². The fourth-order valence-electron chi connectivity index (χ4n) is 0.478. The van der Waals surface area contributed by atoms with Crippen molar-refractivity contribution in [3.63, 3.8) is 0 Å².